The number of imidazole rings is 1. The van der Waals surface area contributed by atoms with Crippen molar-refractivity contribution in [1.29, 1.82) is 0 Å². The molecule has 0 bridgehead atoms. The van der Waals surface area contributed by atoms with Gasteiger partial charge in [0.1, 0.15) is 0 Å². The molecular weight excluding hydrogens is 328 g/mol. The summed E-state index contributed by atoms with van der Waals surface area (Å²) >= 11 is 0. The van der Waals surface area contributed by atoms with Gasteiger partial charge >= 0.3 is 0 Å². The molecule has 7 heteroatoms. The average Bonchev–Trinajstić information content (AvgIpc) is 3.36. The van der Waals surface area contributed by atoms with Crippen LogP contribution in [0.3, 0.4) is 0 Å². The van der Waals surface area contributed by atoms with Crippen LogP contribution >= 0.6 is 0 Å². The first-order chi connectivity index (χ1) is 12.8. The predicted molar refractivity (Wildman–Crippen MR) is 103 cm³/mol. The number of amides is 1. The summed E-state index contributed by atoms with van der Waals surface area (Å²) in [6, 6.07) is 0.294. The number of aliphatic imine (C=N–C) groups is 1. The maximum atomic E-state index is 12.7. The van der Waals surface area contributed by atoms with Crippen molar-refractivity contribution < 1.29 is 4.79 Å². The molecule has 1 unspecified atom stereocenters. The molecule has 2 aliphatic rings. The molecule has 1 saturated heterocycles. The van der Waals surface area contributed by atoms with E-state index in [1.165, 1.54) is 19.3 Å². The monoisotopic (exact) mass is 360 g/mol. The molecular formula is C19H32N6O. The Labute approximate surface area is 156 Å². The van der Waals surface area contributed by atoms with Gasteiger partial charge in [0.15, 0.2) is 5.96 Å². The number of hydrogen-bond donors (Lipinski definition) is 2. The Morgan fingerprint density at radius 1 is 1.27 bits per heavy atom. The third kappa shape index (κ3) is 5.22. The number of rotatable bonds is 6. The van der Waals surface area contributed by atoms with Crippen LogP contribution in [0.1, 0.15) is 44.9 Å². The molecule has 0 radical (unpaired) electrons. The number of hydrogen-bond acceptors (Lipinski definition) is 3. The van der Waals surface area contributed by atoms with Crippen LogP contribution in [0.5, 0.6) is 0 Å². The van der Waals surface area contributed by atoms with Crippen molar-refractivity contribution in [1.82, 2.24) is 25.1 Å². The number of nitrogens with zero attached hydrogens (tertiary/aromatic N) is 4. The molecule has 2 heterocycles. The summed E-state index contributed by atoms with van der Waals surface area (Å²) < 4.78 is 2.07. The van der Waals surface area contributed by atoms with Crippen LogP contribution in [0.2, 0.25) is 0 Å². The van der Waals surface area contributed by atoms with Gasteiger partial charge in [-0.3, -0.25) is 9.79 Å². The number of guanidine groups is 1. The third-order valence-corrected chi connectivity index (χ3v) is 5.46. The van der Waals surface area contributed by atoms with Crippen molar-refractivity contribution in [3.63, 3.8) is 0 Å². The number of carbonyl (C=O) groups is 1. The highest BCUT2D eigenvalue weighted by Gasteiger charge is 2.31. The van der Waals surface area contributed by atoms with E-state index in [9.17, 15) is 4.79 Å². The minimum Gasteiger partial charge on any atom is -0.356 e. The quantitative estimate of drug-likeness (QED) is 0.459. The number of carbonyl (C=O) groups excluding carboxylic acids is 1. The highest BCUT2D eigenvalue weighted by Crippen LogP contribution is 2.26. The summed E-state index contributed by atoms with van der Waals surface area (Å²) in [4.78, 5) is 23.1. The molecule has 1 aliphatic heterocycles. The van der Waals surface area contributed by atoms with Crippen LogP contribution in [-0.4, -0.2) is 59.0 Å². The smallest absolute Gasteiger partial charge is 0.225 e. The predicted octanol–water partition coefficient (Wildman–Crippen LogP) is 1.62. The number of aromatic nitrogens is 2. The van der Waals surface area contributed by atoms with Crippen LogP contribution < -0.4 is 10.6 Å². The Morgan fingerprint density at radius 3 is 2.85 bits per heavy atom. The second-order valence-corrected chi connectivity index (χ2v) is 7.40. The molecule has 0 spiro atoms. The minimum atomic E-state index is 0.267. The van der Waals surface area contributed by atoms with E-state index in [0.717, 1.165) is 57.8 Å². The van der Waals surface area contributed by atoms with Gasteiger partial charge in [0.05, 0.1) is 6.33 Å². The first-order valence-electron chi connectivity index (χ1n) is 9.98. The lowest BCUT2D eigenvalue weighted by molar-refractivity contribution is -0.135. The van der Waals surface area contributed by atoms with Crippen molar-refractivity contribution in [3.05, 3.63) is 18.7 Å². The molecule has 1 amide bonds. The van der Waals surface area contributed by atoms with Crippen molar-refractivity contribution in [2.24, 2.45) is 10.9 Å². The van der Waals surface area contributed by atoms with Gasteiger partial charge in [-0.15, -0.1) is 0 Å². The lowest BCUT2D eigenvalue weighted by atomic mass is 9.88. The fourth-order valence-electron chi connectivity index (χ4n) is 3.96. The molecule has 1 aromatic heterocycles. The van der Waals surface area contributed by atoms with Crippen LogP contribution in [-0.2, 0) is 11.3 Å². The molecule has 1 atom stereocenters. The molecule has 26 heavy (non-hydrogen) atoms. The maximum absolute atomic E-state index is 12.7. The topological polar surface area (TPSA) is 74.6 Å². The van der Waals surface area contributed by atoms with Gasteiger partial charge in [0.25, 0.3) is 0 Å². The Hall–Kier alpha value is -2.05. The molecule has 7 nitrogen and oxygen atoms in total. The molecule has 1 aromatic rings. The van der Waals surface area contributed by atoms with E-state index in [1.54, 1.807) is 13.2 Å². The fraction of sp³-hybridized carbons (Fsp3) is 0.737. The molecule has 2 N–H and O–H groups in total. The zero-order valence-electron chi connectivity index (χ0n) is 15.9. The molecule has 3 rings (SSSR count). The van der Waals surface area contributed by atoms with Crippen molar-refractivity contribution >= 4 is 11.9 Å². The highest BCUT2D eigenvalue weighted by molar-refractivity contribution is 5.81. The first-order valence-corrected chi connectivity index (χ1v) is 9.98. The van der Waals surface area contributed by atoms with E-state index >= 15 is 0 Å². The highest BCUT2D eigenvalue weighted by atomic mass is 16.2. The second-order valence-electron chi connectivity index (χ2n) is 7.40. The Bertz CT molecular complexity index is 579. The summed E-state index contributed by atoms with van der Waals surface area (Å²) in [5.74, 6) is 1.47. The van der Waals surface area contributed by atoms with Crippen LogP contribution in [0.15, 0.2) is 23.7 Å². The van der Waals surface area contributed by atoms with Gasteiger partial charge < -0.3 is 20.1 Å². The molecule has 0 aromatic carbocycles. The van der Waals surface area contributed by atoms with E-state index in [0.29, 0.717) is 11.9 Å². The third-order valence-electron chi connectivity index (χ3n) is 5.46. The standard InChI is InChI=1S/C19H32N6O/c1-20-19(22-9-5-11-24-13-10-21-15-24)23-17-8-12-25(14-17)18(26)16-6-3-2-4-7-16/h10,13,15-17H,2-9,11-12,14H2,1H3,(H2,20,22,23). The lowest BCUT2D eigenvalue weighted by Crippen LogP contribution is -2.45. The summed E-state index contributed by atoms with van der Waals surface area (Å²) in [5, 5.41) is 6.84. The average molecular weight is 361 g/mol. The van der Waals surface area contributed by atoms with Crippen molar-refractivity contribution in [2.75, 3.05) is 26.7 Å². The van der Waals surface area contributed by atoms with E-state index in [4.69, 9.17) is 0 Å². The largest absolute Gasteiger partial charge is 0.356 e. The van der Waals surface area contributed by atoms with Gasteiger partial charge in [-0.1, -0.05) is 19.3 Å². The van der Waals surface area contributed by atoms with Crippen LogP contribution in [0, 0.1) is 5.92 Å². The molecule has 144 valence electrons. The second kappa shape index (κ2) is 9.59. The van der Waals surface area contributed by atoms with E-state index < -0.39 is 0 Å². The molecule has 1 aliphatic carbocycles. The zero-order chi connectivity index (χ0) is 18.2. The number of aryl methyl sites for hydroxylation is 1. The SMILES string of the molecule is CN=C(NCCCn1ccnc1)NC1CCN(C(=O)C2CCCCC2)C1. The first kappa shape index (κ1) is 18.7. The summed E-state index contributed by atoms with van der Waals surface area (Å²) in [6.07, 6.45) is 13.5. The Kier molecular flexibility index (Phi) is 6.91. The van der Waals surface area contributed by atoms with Gasteiger partial charge in [0.2, 0.25) is 5.91 Å². The zero-order valence-corrected chi connectivity index (χ0v) is 15.9. The van der Waals surface area contributed by atoms with Crippen LogP contribution in [0.4, 0.5) is 0 Å². The van der Waals surface area contributed by atoms with Gasteiger partial charge in [-0.25, -0.2) is 4.98 Å². The number of likely N-dealkylation sites (tertiary alicyclic amines) is 1. The van der Waals surface area contributed by atoms with Gasteiger partial charge in [0, 0.05) is 57.6 Å². The van der Waals surface area contributed by atoms with E-state index in [2.05, 4.69) is 30.1 Å². The van der Waals surface area contributed by atoms with Crippen molar-refractivity contribution in [2.45, 2.75) is 57.5 Å². The fourth-order valence-corrected chi connectivity index (χ4v) is 3.96. The maximum Gasteiger partial charge on any atom is 0.225 e. The van der Waals surface area contributed by atoms with E-state index in [-0.39, 0.29) is 5.92 Å². The normalized spacial score (nSPS) is 21.8. The minimum absolute atomic E-state index is 0.267. The summed E-state index contributed by atoms with van der Waals surface area (Å²) in [7, 11) is 1.80. The Balaban J connectivity index is 1.36. The summed E-state index contributed by atoms with van der Waals surface area (Å²) in [6.45, 7) is 3.46. The Morgan fingerprint density at radius 2 is 2.12 bits per heavy atom. The summed E-state index contributed by atoms with van der Waals surface area (Å²) in [5.41, 5.74) is 0. The van der Waals surface area contributed by atoms with Crippen molar-refractivity contribution in [3.8, 4) is 0 Å². The van der Waals surface area contributed by atoms with E-state index in [1.807, 2.05) is 12.5 Å². The molecule has 1 saturated carbocycles. The van der Waals surface area contributed by atoms with Crippen LogP contribution in [0.25, 0.3) is 0 Å². The lowest BCUT2D eigenvalue weighted by Gasteiger charge is -2.26. The van der Waals surface area contributed by atoms with Gasteiger partial charge in [-0.2, -0.15) is 0 Å². The molecule has 2 fully saturated rings. The van der Waals surface area contributed by atoms with Gasteiger partial charge in [-0.05, 0) is 25.7 Å². The number of nitrogens with one attached hydrogen (secondary N) is 2.